The number of aromatic nitrogens is 2. The number of carboxylic acid groups (broad SMARTS) is 1. The number of aromatic amines is 1. The second-order valence-corrected chi connectivity index (χ2v) is 4.11. The van der Waals surface area contributed by atoms with Crippen LogP contribution in [0.2, 0.25) is 0 Å². The lowest BCUT2D eigenvalue weighted by Crippen LogP contribution is -1.95. The lowest BCUT2D eigenvalue weighted by Gasteiger charge is -1.98. The zero-order chi connectivity index (χ0) is 10.8. The molecule has 0 radical (unpaired) electrons. The molecule has 0 unspecified atom stereocenters. The summed E-state index contributed by atoms with van der Waals surface area (Å²) in [5.41, 5.74) is 1.68. The fraction of sp³-hybridized carbons (Fsp3) is 0. The van der Waals surface area contributed by atoms with E-state index < -0.39 is 5.97 Å². The van der Waals surface area contributed by atoms with E-state index in [-0.39, 0.29) is 5.69 Å². The molecule has 0 atom stereocenters. The Bertz CT molecular complexity index is 508. The van der Waals surface area contributed by atoms with Gasteiger partial charge in [-0.15, -0.1) is 0 Å². The van der Waals surface area contributed by atoms with Crippen LogP contribution >= 0.6 is 22.6 Å². The Balaban J connectivity index is 2.46. The van der Waals surface area contributed by atoms with E-state index in [4.69, 9.17) is 5.11 Å². The molecule has 0 saturated carbocycles. The smallest absolute Gasteiger partial charge is 0.353 e. The molecule has 2 rings (SSSR count). The van der Waals surface area contributed by atoms with E-state index in [9.17, 15) is 4.79 Å². The van der Waals surface area contributed by atoms with Crippen molar-refractivity contribution >= 4 is 28.6 Å². The molecule has 0 aliphatic rings. The number of carboxylic acids is 1. The number of rotatable bonds is 2. The molecule has 0 aliphatic carbocycles. The molecule has 0 bridgehead atoms. The molecule has 0 spiro atoms. The van der Waals surface area contributed by atoms with Crippen molar-refractivity contribution < 1.29 is 9.90 Å². The van der Waals surface area contributed by atoms with Crippen molar-refractivity contribution in [3.63, 3.8) is 0 Å². The average molecular weight is 314 g/mol. The molecule has 0 saturated heterocycles. The second kappa shape index (κ2) is 4.01. The summed E-state index contributed by atoms with van der Waals surface area (Å²) < 4.78 is 1.04. The maximum atomic E-state index is 10.7. The minimum absolute atomic E-state index is 0.102. The summed E-state index contributed by atoms with van der Waals surface area (Å²) >= 11 is 2.19. The Kier molecular flexibility index (Phi) is 2.72. The van der Waals surface area contributed by atoms with Crippen LogP contribution in [0.1, 0.15) is 10.5 Å². The molecule has 0 aliphatic heterocycles. The van der Waals surface area contributed by atoms with Crippen molar-refractivity contribution in [2.24, 2.45) is 0 Å². The van der Waals surface area contributed by atoms with Crippen LogP contribution in [-0.4, -0.2) is 21.3 Å². The number of carbonyl (C=O) groups is 1. The van der Waals surface area contributed by atoms with Crippen molar-refractivity contribution in [1.29, 1.82) is 0 Å². The number of hydrogen-bond donors (Lipinski definition) is 2. The van der Waals surface area contributed by atoms with E-state index >= 15 is 0 Å². The minimum Gasteiger partial charge on any atom is -0.477 e. The van der Waals surface area contributed by atoms with Crippen molar-refractivity contribution in [3.8, 4) is 11.3 Å². The van der Waals surface area contributed by atoms with Crippen molar-refractivity contribution in [2.45, 2.75) is 0 Å². The molecule has 1 aromatic carbocycles. The van der Waals surface area contributed by atoms with Gasteiger partial charge in [0.2, 0.25) is 0 Å². The van der Waals surface area contributed by atoms with Crippen LogP contribution in [0, 0.1) is 3.57 Å². The molecular formula is C10H7IN2O2. The Morgan fingerprint density at radius 2 is 2.13 bits per heavy atom. The Hall–Kier alpha value is -1.37. The Morgan fingerprint density at radius 1 is 1.40 bits per heavy atom. The van der Waals surface area contributed by atoms with Crippen LogP contribution in [0.4, 0.5) is 0 Å². The number of hydrogen-bond acceptors (Lipinski definition) is 2. The maximum Gasteiger partial charge on any atom is 0.353 e. The summed E-state index contributed by atoms with van der Waals surface area (Å²) in [5.74, 6) is -1.00. The number of halogens is 1. The molecule has 5 heteroatoms. The summed E-state index contributed by atoms with van der Waals surface area (Å²) in [6, 6.07) is 9.21. The van der Waals surface area contributed by atoms with Crippen molar-refractivity contribution in [3.05, 3.63) is 39.6 Å². The molecule has 76 valence electrons. The third-order valence-electron chi connectivity index (χ3n) is 1.96. The first-order valence-electron chi connectivity index (χ1n) is 4.22. The molecule has 4 nitrogen and oxygen atoms in total. The standard InChI is InChI=1S/C10H7IN2O2/c11-7-4-2-1-3-6(7)8-5-9(10(14)15)13-12-8/h1-5H,(H,12,13)(H,14,15). The van der Waals surface area contributed by atoms with Gasteiger partial charge in [0, 0.05) is 9.13 Å². The first kappa shape index (κ1) is 10.2. The van der Waals surface area contributed by atoms with Gasteiger partial charge in [-0.2, -0.15) is 5.10 Å². The van der Waals surface area contributed by atoms with Gasteiger partial charge in [0.25, 0.3) is 0 Å². The molecule has 15 heavy (non-hydrogen) atoms. The number of aromatic carboxylic acids is 1. The van der Waals surface area contributed by atoms with Crippen LogP contribution in [0.3, 0.4) is 0 Å². The lowest BCUT2D eigenvalue weighted by atomic mass is 10.1. The van der Waals surface area contributed by atoms with E-state index in [0.717, 1.165) is 9.13 Å². The fourth-order valence-corrected chi connectivity index (χ4v) is 1.90. The molecular weight excluding hydrogens is 307 g/mol. The van der Waals surface area contributed by atoms with E-state index in [0.29, 0.717) is 5.69 Å². The normalized spacial score (nSPS) is 10.2. The van der Waals surface area contributed by atoms with E-state index in [1.807, 2.05) is 24.3 Å². The van der Waals surface area contributed by atoms with Crippen molar-refractivity contribution in [2.75, 3.05) is 0 Å². The fourth-order valence-electron chi connectivity index (χ4n) is 1.24. The van der Waals surface area contributed by atoms with Gasteiger partial charge >= 0.3 is 5.97 Å². The summed E-state index contributed by atoms with van der Waals surface area (Å²) in [5, 5.41) is 15.2. The predicted octanol–water partition coefficient (Wildman–Crippen LogP) is 2.38. The van der Waals surface area contributed by atoms with Crippen LogP contribution in [0.15, 0.2) is 30.3 Å². The van der Waals surface area contributed by atoms with E-state index in [1.54, 1.807) is 0 Å². The Morgan fingerprint density at radius 3 is 2.73 bits per heavy atom. The second-order valence-electron chi connectivity index (χ2n) is 2.95. The highest BCUT2D eigenvalue weighted by Gasteiger charge is 2.10. The first-order valence-corrected chi connectivity index (χ1v) is 5.30. The molecule has 2 N–H and O–H groups in total. The minimum atomic E-state index is -1.00. The summed E-state index contributed by atoms with van der Waals surface area (Å²) in [6.07, 6.45) is 0. The highest BCUT2D eigenvalue weighted by Crippen LogP contribution is 2.23. The van der Waals surface area contributed by atoms with Gasteiger partial charge in [0.05, 0.1) is 5.69 Å². The number of nitrogens with zero attached hydrogens (tertiary/aromatic N) is 1. The zero-order valence-corrected chi connectivity index (χ0v) is 9.72. The van der Waals surface area contributed by atoms with Crippen LogP contribution in [-0.2, 0) is 0 Å². The lowest BCUT2D eigenvalue weighted by molar-refractivity contribution is 0.0690. The third kappa shape index (κ3) is 2.01. The summed E-state index contributed by atoms with van der Waals surface area (Å²) in [7, 11) is 0. The number of H-pyrrole nitrogens is 1. The van der Waals surface area contributed by atoms with Gasteiger partial charge in [-0.25, -0.2) is 4.79 Å². The van der Waals surface area contributed by atoms with Gasteiger partial charge in [-0.1, -0.05) is 18.2 Å². The van der Waals surface area contributed by atoms with Crippen LogP contribution in [0.5, 0.6) is 0 Å². The average Bonchev–Trinajstić information content (AvgIpc) is 2.67. The molecule has 1 aromatic heterocycles. The highest BCUT2D eigenvalue weighted by atomic mass is 127. The zero-order valence-electron chi connectivity index (χ0n) is 7.57. The number of benzene rings is 1. The first-order chi connectivity index (χ1) is 7.18. The summed E-state index contributed by atoms with van der Waals surface area (Å²) in [6.45, 7) is 0. The van der Waals surface area contributed by atoms with Gasteiger partial charge in [0.15, 0.2) is 0 Å². The molecule has 0 fully saturated rings. The molecule has 2 aromatic rings. The van der Waals surface area contributed by atoms with Gasteiger partial charge < -0.3 is 5.11 Å². The van der Waals surface area contributed by atoms with E-state index in [1.165, 1.54) is 6.07 Å². The summed E-state index contributed by atoms with van der Waals surface area (Å²) in [4.78, 5) is 10.7. The van der Waals surface area contributed by atoms with Crippen LogP contribution < -0.4 is 0 Å². The Labute approximate surface area is 99.5 Å². The predicted molar refractivity (Wildman–Crippen MR) is 63.7 cm³/mol. The topological polar surface area (TPSA) is 66.0 Å². The SMILES string of the molecule is O=C(O)c1cc(-c2ccccc2I)n[nH]1. The number of nitrogens with one attached hydrogen (secondary N) is 1. The monoisotopic (exact) mass is 314 g/mol. The van der Waals surface area contributed by atoms with Crippen LogP contribution in [0.25, 0.3) is 11.3 Å². The van der Waals surface area contributed by atoms with Gasteiger partial charge in [-0.05, 0) is 34.7 Å². The maximum absolute atomic E-state index is 10.7. The third-order valence-corrected chi connectivity index (χ3v) is 2.90. The molecule has 1 heterocycles. The highest BCUT2D eigenvalue weighted by molar-refractivity contribution is 14.1. The van der Waals surface area contributed by atoms with Crippen molar-refractivity contribution in [1.82, 2.24) is 10.2 Å². The molecule has 0 amide bonds. The van der Waals surface area contributed by atoms with Gasteiger partial charge in [-0.3, -0.25) is 5.10 Å². The quantitative estimate of drug-likeness (QED) is 0.837. The largest absolute Gasteiger partial charge is 0.477 e. The van der Waals surface area contributed by atoms with E-state index in [2.05, 4.69) is 32.8 Å². The van der Waals surface area contributed by atoms with Gasteiger partial charge in [0.1, 0.15) is 5.69 Å².